The number of carboxylic acids is 1. The van der Waals surface area contributed by atoms with Gasteiger partial charge in [-0.05, 0) is 36.8 Å². The minimum atomic E-state index is -4.59. The molecule has 0 aliphatic heterocycles. The smallest absolute Gasteiger partial charge is 0.416 e. The van der Waals surface area contributed by atoms with Crippen molar-refractivity contribution in [1.29, 1.82) is 0 Å². The second-order valence-corrected chi connectivity index (χ2v) is 5.77. The summed E-state index contributed by atoms with van der Waals surface area (Å²) in [6.45, 7) is 1.53. The SMILES string of the molecule is Cc1c(-c2cccc(C(F)(F)F)c2)c(=O)c(C(=O)O)cn1-c1ccccn1. The molecule has 138 valence electrons. The van der Waals surface area contributed by atoms with E-state index in [-0.39, 0.29) is 16.8 Å². The van der Waals surface area contributed by atoms with Gasteiger partial charge in [-0.25, -0.2) is 9.78 Å². The van der Waals surface area contributed by atoms with Gasteiger partial charge < -0.3 is 9.67 Å². The van der Waals surface area contributed by atoms with Gasteiger partial charge in [0.1, 0.15) is 11.4 Å². The molecule has 8 heteroatoms. The van der Waals surface area contributed by atoms with Crippen LogP contribution in [0.1, 0.15) is 21.6 Å². The molecule has 0 aliphatic rings. The van der Waals surface area contributed by atoms with Crippen LogP contribution in [0.4, 0.5) is 13.2 Å². The number of aromatic nitrogens is 2. The minimum Gasteiger partial charge on any atom is -0.477 e. The summed E-state index contributed by atoms with van der Waals surface area (Å²) in [5.74, 6) is -1.14. The van der Waals surface area contributed by atoms with Crippen LogP contribution in [-0.4, -0.2) is 20.6 Å². The van der Waals surface area contributed by atoms with Crippen molar-refractivity contribution in [3.05, 3.63) is 81.9 Å². The van der Waals surface area contributed by atoms with Crippen molar-refractivity contribution < 1.29 is 23.1 Å². The predicted octanol–water partition coefficient (Wildman–Crippen LogP) is 3.92. The fourth-order valence-corrected chi connectivity index (χ4v) is 2.78. The van der Waals surface area contributed by atoms with E-state index in [1.807, 2.05) is 0 Å². The molecule has 0 fully saturated rings. The minimum absolute atomic E-state index is 0.0138. The van der Waals surface area contributed by atoms with Crippen LogP contribution in [0.25, 0.3) is 16.9 Å². The summed E-state index contributed by atoms with van der Waals surface area (Å²) in [5.41, 5.74) is -2.19. The Labute approximate surface area is 151 Å². The Kier molecular flexibility index (Phi) is 4.57. The Morgan fingerprint density at radius 1 is 1.15 bits per heavy atom. The lowest BCUT2D eigenvalue weighted by Crippen LogP contribution is -2.22. The normalized spacial score (nSPS) is 11.4. The van der Waals surface area contributed by atoms with Crippen LogP contribution >= 0.6 is 0 Å². The molecule has 1 N–H and O–H groups in total. The van der Waals surface area contributed by atoms with Crippen LogP contribution in [0, 0.1) is 6.92 Å². The van der Waals surface area contributed by atoms with Crippen LogP contribution in [0.3, 0.4) is 0 Å². The van der Waals surface area contributed by atoms with E-state index in [4.69, 9.17) is 0 Å². The Hall–Kier alpha value is -3.42. The molecule has 0 radical (unpaired) electrons. The molecule has 0 unspecified atom stereocenters. The highest BCUT2D eigenvalue weighted by Gasteiger charge is 2.31. The van der Waals surface area contributed by atoms with Crippen molar-refractivity contribution in [3.63, 3.8) is 0 Å². The zero-order valence-corrected chi connectivity index (χ0v) is 14.0. The number of carbonyl (C=O) groups is 1. The van der Waals surface area contributed by atoms with Crippen molar-refractivity contribution in [2.24, 2.45) is 0 Å². The fourth-order valence-electron chi connectivity index (χ4n) is 2.78. The molecule has 1 aromatic carbocycles. The maximum atomic E-state index is 13.0. The number of halogens is 3. The Morgan fingerprint density at radius 3 is 2.48 bits per heavy atom. The summed E-state index contributed by atoms with van der Waals surface area (Å²) in [5, 5.41) is 9.37. The molecule has 0 atom stereocenters. The van der Waals surface area contributed by atoms with E-state index in [2.05, 4.69) is 4.98 Å². The molecular formula is C19H13F3N2O3. The van der Waals surface area contributed by atoms with Crippen LogP contribution in [0.2, 0.25) is 0 Å². The molecule has 0 bridgehead atoms. The summed E-state index contributed by atoms with van der Waals surface area (Å²) in [6, 6.07) is 9.16. The van der Waals surface area contributed by atoms with E-state index in [9.17, 15) is 27.9 Å². The summed E-state index contributed by atoms with van der Waals surface area (Å²) < 4.78 is 40.5. The average molecular weight is 374 g/mol. The van der Waals surface area contributed by atoms with Gasteiger partial charge in [0.05, 0.1) is 5.56 Å². The molecule has 0 saturated heterocycles. The summed E-state index contributed by atoms with van der Waals surface area (Å²) in [6.07, 6.45) is -1.98. The highest BCUT2D eigenvalue weighted by atomic mass is 19.4. The number of hydrogen-bond acceptors (Lipinski definition) is 3. The van der Waals surface area contributed by atoms with Crippen LogP contribution in [0.5, 0.6) is 0 Å². The number of alkyl halides is 3. The third kappa shape index (κ3) is 3.46. The molecular weight excluding hydrogens is 361 g/mol. The largest absolute Gasteiger partial charge is 0.477 e. The Morgan fingerprint density at radius 2 is 1.89 bits per heavy atom. The molecule has 5 nitrogen and oxygen atoms in total. The van der Waals surface area contributed by atoms with Gasteiger partial charge in [0.25, 0.3) is 0 Å². The first kappa shape index (κ1) is 18.4. The first-order chi connectivity index (χ1) is 12.7. The molecule has 3 rings (SSSR count). The molecule has 0 amide bonds. The number of pyridine rings is 2. The first-order valence-electron chi connectivity index (χ1n) is 7.78. The standard InChI is InChI=1S/C19H13F3N2O3/c1-11-16(12-5-4-6-13(9-12)19(20,21)22)17(25)14(18(26)27)10-24(11)15-7-2-3-8-23-15/h2-10H,1H3,(H,26,27). The molecule has 2 aromatic heterocycles. The second-order valence-electron chi connectivity index (χ2n) is 5.77. The first-order valence-corrected chi connectivity index (χ1v) is 7.78. The van der Waals surface area contributed by atoms with Gasteiger partial charge in [0.15, 0.2) is 0 Å². The Bertz CT molecular complexity index is 1070. The highest BCUT2D eigenvalue weighted by Crippen LogP contribution is 2.32. The van der Waals surface area contributed by atoms with E-state index in [1.54, 1.807) is 18.2 Å². The van der Waals surface area contributed by atoms with Gasteiger partial charge >= 0.3 is 12.1 Å². The van der Waals surface area contributed by atoms with Crippen molar-refractivity contribution in [1.82, 2.24) is 9.55 Å². The van der Waals surface area contributed by atoms with Gasteiger partial charge in [-0.15, -0.1) is 0 Å². The molecule has 0 saturated carbocycles. The molecule has 3 aromatic rings. The van der Waals surface area contributed by atoms with Crippen molar-refractivity contribution >= 4 is 5.97 Å². The van der Waals surface area contributed by atoms with Gasteiger partial charge in [-0.1, -0.05) is 18.2 Å². The van der Waals surface area contributed by atoms with Gasteiger partial charge in [0.2, 0.25) is 5.43 Å². The van der Waals surface area contributed by atoms with Crippen LogP contribution < -0.4 is 5.43 Å². The maximum absolute atomic E-state index is 13.0. The zero-order valence-electron chi connectivity index (χ0n) is 14.0. The lowest BCUT2D eigenvalue weighted by atomic mass is 9.99. The van der Waals surface area contributed by atoms with Crippen molar-refractivity contribution in [2.75, 3.05) is 0 Å². The van der Waals surface area contributed by atoms with Crippen molar-refractivity contribution in [3.8, 4) is 16.9 Å². The molecule has 0 spiro atoms. The Balaban J connectivity index is 2.35. The molecule has 27 heavy (non-hydrogen) atoms. The van der Waals surface area contributed by atoms with E-state index in [1.165, 1.54) is 29.8 Å². The van der Waals surface area contributed by atoms with E-state index in [0.29, 0.717) is 5.82 Å². The van der Waals surface area contributed by atoms with Gasteiger partial charge in [0, 0.05) is 23.7 Å². The quantitative estimate of drug-likeness (QED) is 0.754. The lowest BCUT2D eigenvalue weighted by Gasteiger charge is -2.16. The summed E-state index contributed by atoms with van der Waals surface area (Å²) >= 11 is 0. The predicted molar refractivity (Wildman–Crippen MR) is 92.0 cm³/mol. The van der Waals surface area contributed by atoms with Crippen molar-refractivity contribution in [2.45, 2.75) is 13.1 Å². The van der Waals surface area contributed by atoms with E-state index in [0.717, 1.165) is 18.3 Å². The fraction of sp³-hybridized carbons (Fsp3) is 0.105. The topological polar surface area (TPSA) is 72.2 Å². The number of carboxylic acid groups (broad SMARTS) is 1. The average Bonchev–Trinajstić information content (AvgIpc) is 2.62. The number of nitrogens with zero attached hydrogens (tertiary/aromatic N) is 2. The second kappa shape index (κ2) is 6.71. The van der Waals surface area contributed by atoms with Gasteiger partial charge in [-0.2, -0.15) is 13.2 Å². The number of hydrogen-bond donors (Lipinski definition) is 1. The zero-order chi connectivity index (χ0) is 19.8. The van der Waals surface area contributed by atoms with E-state index < -0.39 is 28.7 Å². The summed E-state index contributed by atoms with van der Waals surface area (Å²) in [4.78, 5) is 28.3. The highest BCUT2D eigenvalue weighted by molar-refractivity contribution is 5.89. The summed E-state index contributed by atoms with van der Waals surface area (Å²) in [7, 11) is 0. The lowest BCUT2D eigenvalue weighted by molar-refractivity contribution is -0.137. The molecule has 2 heterocycles. The third-order valence-electron chi connectivity index (χ3n) is 4.06. The maximum Gasteiger partial charge on any atom is 0.416 e. The third-order valence-corrected chi connectivity index (χ3v) is 4.06. The van der Waals surface area contributed by atoms with Crippen LogP contribution in [0.15, 0.2) is 59.7 Å². The van der Waals surface area contributed by atoms with E-state index >= 15 is 0 Å². The number of rotatable bonds is 3. The number of aromatic carboxylic acids is 1. The number of benzene rings is 1. The van der Waals surface area contributed by atoms with Gasteiger partial charge in [-0.3, -0.25) is 4.79 Å². The monoisotopic (exact) mass is 374 g/mol. The van der Waals surface area contributed by atoms with Crippen LogP contribution in [-0.2, 0) is 6.18 Å². The molecule has 0 aliphatic carbocycles.